The predicted molar refractivity (Wildman–Crippen MR) is 79.9 cm³/mol. The molecule has 0 aromatic heterocycles. The second-order valence-electron chi connectivity index (χ2n) is 5.31. The number of aliphatic hydroxyl groups excluding tert-OH is 1. The van der Waals surface area contributed by atoms with Gasteiger partial charge in [0.05, 0.1) is 14.2 Å². The molecule has 0 bridgehead atoms. The Balaban J connectivity index is 2.23. The number of benzene rings is 1. The molecule has 5 heteroatoms. The third-order valence-corrected chi connectivity index (χ3v) is 3.99. The molecule has 5 nitrogen and oxygen atoms in total. The van der Waals surface area contributed by atoms with Gasteiger partial charge in [-0.1, -0.05) is 6.07 Å². The molecular weight excluding hydrogens is 270 g/mol. The number of piperidine rings is 1. The quantitative estimate of drug-likeness (QED) is 0.901. The molecule has 1 aliphatic rings. The van der Waals surface area contributed by atoms with Gasteiger partial charge in [0, 0.05) is 19.7 Å². The highest BCUT2D eigenvalue weighted by molar-refractivity contribution is 5.99. The van der Waals surface area contributed by atoms with Gasteiger partial charge in [-0.3, -0.25) is 4.79 Å². The van der Waals surface area contributed by atoms with Gasteiger partial charge in [-0.05, 0) is 37.3 Å². The summed E-state index contributed by atoms with van der Waals surface area (Å²) >= 11 is 0. The second kappa shape index (κ2) is 7.31. The standard InChI is InChI=1S/C16H23NO4/c1-20-13-6-3-7-14(21-2)15(13)16(19)17-9-4-5-12(11-17)8-10-18/h3,6-7,12,18H,4-5,8-11H2,1-2H3. The molecular formula is C16H23NO4. The Morgan fingerprint density at radius 2 is 2.00 bits per heavy atom. The predicted octanol–water partition coefficient (Wildman–Crippen LogP) is 1.94. The van der Waals surface area contributed by atoms with Gasteiger partial charge in [-0.2, -0.15) is 0 Å². The molecule has 1 amide bonds. The molecule has 1 unspecified atom stereocenters. The number of carbonyl (C=O) groups excluding carboxylic acids is 1. The maximum atomic E-state index is 12.8. The normalized spacial score (nSPS) is 18.4. The van der Waals surface area contributed by atoms with E-state index in [2.05, 4.69) is 0 Å². The summed E-state index contributed by atoms with van der Waals surface area (Å²) in [7, 11) is 3.10. The first-order valence-electron chi connectivity index (χ1n) is 7.32. The van der Waals surface area contributed by atoms with E-state index >= 15 is 0 Å². The van der Waals surface area contributed by atoms with Crippen molar-refractivity contribution in [2.24, 2.45) is 5.92 Å². The molecule has 1 atom stereocenters. The van der Waals surface area contributed by atoms with Crippen molar-refractivity contribution in [1.29, 1.82) is 0 Å². The molecule has 0 spiro atoms. The molecule has 0 saturated carbocycles. The van der Waals surface area contributed by atoms with Crippen molar-refractivity contribution in [3.8, 4) is 11.5 Å². The van der Waals surface area contributed by atoms with Crippen LogP contribution in [0.5, 0.6) is 11.5 Å². The third kappa shape index (κ3) is 3.47. The zero-order chi connectivity index (χ0) is 15.2. The molecule has 116 valence electrons. The van der Waals surface area contributed by atoms with Crippen molar-refractivity contribution in [1.82, 2.24) is 4.90 Å². The average Bonchev–Trinajstić information content (AvgIpc) is 2.54. The molecule has 1 heterocycles. The number of aliphatic hydroxyl groups is 1. The lowest BCUT2D eigenvalue weighted by Crippen LogP contribution is -2.40. The van der Waals surface area contributed by atoms with E-state index in [0.29, 0.717) is 29.5 Å². The monoisotopic (exact) mass is 293 g/mol. The minimum Gasteiger partial charge on any atom is -0.496 e. The number of hydrogen-bond donors (Lipinski definition) is 1. The van der Waals surface area contributed by atoms with Crippen molar-refractivity contribution < 1.29 is 19.4 Å². The van der Waals surface area contributed by atoms with Crippen molar-refractivity contribution in [3.63, 3.8) is 0 Å². The van der Waals surface area contributed by atoms with Crippen LogP contribution < -0.4 is 9.47 Å². The minimum atomic E-state index is -0.0630. The molecule has 1 N–H and O–H groups in total. The summed E-state index contributed by atoms with van der Waals surface area (Å²) in [6.07, 6.45) is 2.77. The molecule has 1 aromatic carbocycles. The lowest BCUT2D eigenvalue weighted by Gasteiger charge is -2.33. The van der Waals surface area contributed by atoms with E-state index in [1.807, 2.05) is 4.90 Å². The summed E-state index contributed by atoms with van der Waals surface area (Å²) in [5.74, 6) is 1.37. The van der Waals surface area contributed by atoms with Crippen LogP contribution in [0.1, 0.15) is 29.6 Å². The van der Waals surface area contributed by atoms with Crippen LogP contribution in [-0.4, -0.2) is 49.8 Å². The topological polar surface area (TPSA) is 59.0 Å². The van der Waals surface area contributed by atoms with Gasteiger partial charge >= 0.3 is 0 Å². The first kappa shape index (κ1) is 15.6. The van der Waals surface area contributed by atoms with Crippen LogP contribution in [-0.2, 0) is 0 Å². The fourth-order valence-corrected chi connectivity index (χ4v) is 2.89. The zero-order valence-electron chi connectivity index (χ0n) is 12.7. The van der Waals surface area contributed by atoms with E-state index < -0.39 is 0 Å². The van der Waals surface area contributed by atoms with Crippen LogP contribution in [0.15, 0.2) is 18.2 Å². The summed E-state index contributed by atoms with van der Waals surface area (Å²) in [6, 6.07) is 5.34. The molecule has 21 heavy (non-hydrogen) atoms. The van der Waals surface area contributed by atoms with Gasteiger partial charge in [0.25, 0.3) is 5.91 Å². The number of ether oxygens (including phenoxy) is 2. The van der Waals surface area contributed by atoms with E-state index in [9.17, 15) is 4.79 Å². The molecule has 0 aliphatic carbocycles. The van der Waals surface area contributed by atoms with Crippen LogP contribution in [0.4, 0.5) is 0 Å². The molecule has 1 aromatic rings. The molecule has 2 rings (SSSR count). The summed E-state index contributed by atoms with van der Waals surface area (Å²) in [4.78, 5) is 14.6. The SMILES string of the molecule is COc1cccc(OC)c1C(=O)N1CCCC(CCO)C1. The lowest BCUT2D eigenvalue weighted by atomic mass is 9.94. The highest BCUT2D eigenvalue weighted by Gasteiger charge is 2.28. The second-order valence-corrected chi connectivity index (χ2v) is 5.31. The fourth-order valence-electron chi connectivity index (χ4n) is 2.89. The van der Waals surface area contributed by atoms with Crippen LogP contribution >= 0.6 is 0 Å². The Labute approximate surface area is 125 Å². The van der Waals surface area contributed by atoms with Crippen molar-refractivity contribution in [2.75, 3.05) is 33.9 Å². The van der Waals surface area contributed by atoms with Gasteiger partial charge in [-0.25, -0.2) is 0 Å². The van der Waals surface area contributed by atoms with E-state index in [4.69, 9.17) is 14.6 Å². The van der Waals surface area contributed by atoms with Gasteiger partial charge in [0.1, 0.15) is 17.1 Å². The number of rotatable bonds is 5. The number of likely N-dealkylation sites (tertiary alicyclic amines) is 1. The summed E-state index contributed by atoms with van der Waals surface area (Å²) in [5.41, 5.74) is 0.479. The number of hydrogen-bond acceptors (Lipinski definition) is 4. The van der Waals surface area contributed by atoms with E-state index in [1.54, 1.807) is 32.4 Å². The summed E-state index contributed by atoms with van der Waals surface area (Å²) < 4.78 is 10.6. The Bertz CT molecular complexity index is 465. The zero-order valence-corrected chi connectivity index (χ0v) is 12.7. The third-order valence-electron chi connectivity index (χ3n) is 3.99. The highest BCUT2D eigenvalue weighted by Crippen LogP contribution is 2.31. The largest absolute Gasteiger partial charge is 0.496 e. The maximum Gasteiger partial charge on any atom is 0.261 e. The molecule has 1 saturated heterocycles. The Hall–Kier alpha value is -1.75. The van der Waals surface area contributed by atoms with Gasteiger partial charge in [-0.15, -0.1) is 0 Å². The maximum absolute atomic E-state index is 12.8. The van der Waals surface area contributed by atoms with Crippen molar-refractivity contribution in [3.05, 3.63) is 23.8 Å². The smallest absolute Gasteiger partial charge is 0.261 e. The van der Waals surface area contributed by atoms with Gasteiger partial charge in [0.2, 0.25) is 0 Å². The van der Waals surface area contributed by atoms with Gasteiger partial charge < -0.3 is 19.5 Å². The first-order valence-corrected chi connectivity index (χ1v) is 7.32. The number of amides is 1. The van der Waals surface area contributed by atoms with E-state index in [-0.39, 0.29) is 12.5 Å². The van der Waals surface area contributed by atoms with Crippen molar-refractivity contribution in [2.45, 2.75) is 19.3 Å². The molecule has 0 radical (unpaired) electrons. The Morgan fingerprint density at radius 1 is 1.33 bits per heavy atom. The Kier molecular flexibility index (Phi) is 5.44. The van der Waals surface area contributed by atoms with Crippen LogP contribution in [0.25, 0.3) is 0 Å². The number of methoxy groups -OCH3 is 2. The Morgan fingerprint density at radius 3 is 2.57 bits per heavy atom. The highest BCUT2D eigenvalue weighted by atomic mass is 16.5. The van der Waals surface area contributed by atoms with Crippen LogP contribution in [0.2, 0.25) is 0 Å². The van der Waals surface area contributed by atoms with Crippen molar-refractivity contribution >= 4 is 5.91 Å². The minimum absolute atomic E-state index is 0.0630. The van der Waals surface area contributed by atoms with E-state index in [1.165, 1.54) is 0 Å². The molecule has 1 fully saturated rings. The first-order chi connectivity index (χ1) is 10.2. The summed E-state index contributed by atoms with van der Waals surface area (Å²) in [5, 5.41) is 9.08. The average molecular weight is 293 g/mol. The van der Waals surface area contributed by atoms with Crippen LogP contribution in [0, 0.1) is 5.92 Å². The van der Waals surface area contributed by atoms with Crippen LogP contribution in [0.3, 0.4) is 0 Å². The lowest BCUT2D eigenvalue weighted by molar-refractivity contribution is 0.0647. The van der Waals surface area contributed by atoms with Gasteiger partial charge in [0.15, 0.2) is 0 Å². The summed E-state index contributed by atoms with van der Waals surface area (Å²) in [6.45, 7) is 1.59. The molecule has 1 aliphatic heterocycles. The fraction of sp³-hybridized carbons (Fsp3) is 0.562. The van der Waals surface area contributed by atoms with E-state index in [0.717, 1.165) is 25.8 Å². The number of carbonyl (C=O) groups is 1. The number of nitrogens with zero attached hydrogens (tertiary/aromatic N) is 1.